The largest absolute Gasteiger partial charge is 0.325 e. The minimum absolute atomic E-state index is 0.0609. The fraction of sp³-hybridized carbons (Fsp3) is 0.208. The first-order valence-corrected chi connectivity index (χ1v) is 10.6. The highest BCUT2D eigenvalue weighted by molar-refractivity contribution is 5.90. The summed E-state index contributed by atoms with van der Waals surface area (Å²) in [7, 11) is 0. The molecule has 5 rings (SSSR count). The highest BCUT2D eigenvalue weighted by Crippen LogP contribution is 2.24. The zero-order chi connectivity index (χ0) is 21.9. The molecule has 2 N–H and O–H groups in total. The predicted molar refractivity (Wildman–Crippen MR) is 125 cm³/mol. The normalized spacial score (nSPS) is 13.3. The van der Waals surface area contributed by atoms with Crippen molar-refractivity contribution in [1.82, 2.24) is 24.8 Å². The van der Waals surface area contributed by atoms with Crippen LogP contribution in [-0.4, -0.2) is 44.0 Å². The van der Waals surface area contributed by atoms with E-state index in [9.17, 15) is 4.79 Å². The number of nitrogens with one attached hydrogen (secondary N) is 2. The summed E-state index contributed by atoms with van der Waals surface area (Å²) in [6.07, 6.45) is 7.54. The minimum Gasteiger partial charge on any atom is -0.325 e. The van der Waals surface area contributed by atoms with Crippen molar-refractivity contribution in [1.29, 1.82) is 0 Å². The Morgan fingerprint density at radius 2 is 1.69 bits per heavy atom. The Kier molecular flexibility index (Phi) is 5.33. The fourth-order valence-corrected chi connectivity index (χ4v) is 3.73. The second kappa shape index (κ2) is 8.58. The monoisotopic (exact) mass is 425 g/mol. The van der Waals surface area contributed by atoms with Crippen LogP contribution in [0.3, 0.4) is 0 Å². The third kappa shape index (κ3) is 4.34. The summed E-state index contributed by atoms with van der Waals surface area (Å²) < 4.78 is 0. The van der Waals surface area contributed by atoms with Gasteiger partial charge in [-0.1, -0.05) is 18.2 Å². The highest BCUT2D eigenvalue weighted by Gasteiger charge is 2.17. The van der Waals surface area contributed by atoms with Gasteiger partial charge in [0.25, 0.3) is 0 Å². The van der Waals surface area contributed by atoms with Gasteiger partial charge >= 0.3 is 6.03 Å². The first-order chi connectivity index (χ1) is 15.6. The molecular formula is C24H23N7O. The van der Waals surface area contributed by atoms with E-state index in [-0.39, 0.29) is 6.03 Å². The van der Waals surface area contributed by atoms with Gasteiger partial charge in [0.1, 0.15) is 5.82 Å². The number of fused-ring (bicyclic) bond motifs is 1. The number of rotatable bonds is 4. The van der Waals surface area contributed by atoms with Crippen LogP contribution in [0.4, 0.5) is 22.1 Å². The van der Waals surface area contributed by atoms with Crippen molar-refractivity contribution < 1.29 is 4.79 Å². The van der Waals surface area contributed by atoms with Crippen molar-refractivity contribution in [2.45, 2.75) is 19.8 Å². The molecule has 32 heavy (non-hydrogen) atoms. The minimum atomic E-state index is -0.0609. The number of aryl methyl sites for hydroxylation is 1. The van der Waals surface area contributed by atoms with Crippen LogP contribution in [0.5, 0.6) is 0 Å². The molecule has 8 nitrogen and oxygen atoms in total. The molecule has 2 aromatic carbocycles. The smallest absolute Gasteiger partial charge is 0.321 e. The molecule has 0 atom stereocenters. The van der Waals surface area contributed by atoms with Gasteiger partial charge in [-0.15, -0.1) is 0 Å². The summed E-state index contributed by atoms with van der Waals surface area (Å²) in [5.41, 5.74) is 4.28. The molecule has 1 aliphatic rings. The summed E-state index contributed by atoms with van der Waals surface area (Å²) in [6, 6.07) is 13.5. The molecule has 1 aliphatic heterocycles. The van der Waals surface area contributed by atoms with E-state index in [0.29, 0.717) is 5.95 Å². The molecule has 2 aromatic heterocycles. The van der Waals surface area contributed by atoms with Crippen molar-refractivity contribution >= 4 is 34.3 Å². The number of aromatic nitrogens is 4. The number of hydrogen-bond donors (Lipinski definition) is 2. The van der Waals surface area contributed by atoms with Crippen molar-refractivity contribution in [2.24, 2.45) is 0 Å². The molecule has 0 radical (unpaired) electrons. The van der Waals surface area contributed by atoms with E-state index >= 15 is 0 Å². The first kappa shape index (κ1) is 19.9. The summed E-state index contributed by atoms with van der Waals surface area (Å²) in [4.78, 5) is 31.8. The van der Waals surface area contributed by atoms with Crippen LogP contribution in [0.1, 0.15) is 18.7 Å². The molecule has 0 unspecified atom stereocenters. The number of carbonyl (C=O) groups is 1. The summed E-state index contributed by atoms with van der Waals surface area (Å²) in [5.74, 6) is 1.22. The molecular weight excluding hydrogens is 402 g/mol. The average Bonchev–Trinajstić information content (AvgIpc) is 3.35. The number of nitrogens with zero attached hydrogens (tertiary/aromatic N) is 5. The molecule has 2 amide bonds. The Bertz CT molecular complexity index is 1270. The van der Waals surface area contributed by atoms with Crippen molar-refractivity contribution in [3.63, 3.8) is 0 Å². The summed E-state index contributed by atoms with van der Waals surface area (Å²) >= 11 is 0. The molecule has 3 heterocycles. The SMILES string of the molecule is Cc1ncc(-c2ccc3cnc(Nc4cccc(NC(=O)N5CCCC5)c4)nc3c2)cn1. The zero-order valence-electron chi connectivity index (χ0n) is 17.7. The van der Waals surface area contributed by atoms with Gasteiger partial charge in [-0.25, -0.2) is 24.7 Å². The lowest BCUT2D eigenvalue weighted by atomic mass is 10.1. The Hall–Kier alpha value is -4.07. The quantitative estimate of drug-likeness (QED) is 0.489. The second-order valence-electron chi connectivity index (χ2n) is 7.82. The average molecular weight is 425 g/mol. The van der Waals surface area contributed by atoms with Crippen LogP contribution in [0.25, 0.3) is 22.0 Å². The maximum absolute atomic E-state index is 12.4. The van der Waals surface area contributed by atoms with Crippen LogP contribution >= 0.6 is 0 Å². The number of urea groups is 1. The van der Waals surface area contributed by atoms with E-state index in [1.165, 1.54) is 0 Å². The maximum Gasteiger partial charge on any atom is 0.321 e. The molecule has 0 aliphatic carbocycles. The van der Waals surface area contributed by atoms with Crippen LogP contribution in [0, 0.1) is 6.92 Å². The Balaban J connectivity index is 1.35. The van der Waals surface area contributed by atoms with Crippen LogP contribution in [0.15, 0.2) is 61.1 Å². The van der Waals surface area contributed by atoms with Crippen molar-refractivity contribution in [3.8, 4) is 11.1 Å². The predicted octanol–water partition coefficient (Wildman–Crippen LogP) is 4.77. The van der Waals surface area contributed by atoms with Crippen LogP contribution in [0.2, 0.25) is 0 Å². The number of likely N-dealkylation sites (tertiary alicyclic amines) is 1. The Morgan fingerprint density at radius 3 is 2.50 bits per heavy atom. The lowest BCUT2D eigenvalue weighted by Gasteiger charge is -2.16. The van der Waals surface area contributed by atoms with Gasteiger partial charge in [0.05, 0.1) is 5.52 Å². The molecule has 8 heteroatoms. The molecule has 0 spiro atoms. The van der Waals surface area contributed by atoms with E-state index in [0.717, 1.165) is 65.2 Å². The lowest BCUT2D eigenvalue weighted by molar-refractivity contribution is 0.222. The van der Waals surface area contributed by atoms with E-state index in [1.807, 2.05) is 66.7 Å². The van der Waals surface area contributed by atoms with Crippen molar-refractivity contribution in [3.05, 3.63) is 66.9 Å². The van der Waals surface area contributed by atoms with Gasteiger partial charge < -0.3 is 15.5 Å². The molecule has 1 saturated heterocycles. The third-order valence-corrected chi connectivity index (χ3v) is 5.46. The standard InChI is InChI=1S/C24H23N7O/c1-16-25-14-19(15-26-16)17-7-8-18-13-27-23(30-22(18)11-17)28-20-5-4-6-21(12-20)29-24(32)31-9-2-3-10-31/h4-8,11-15H,2-3,9-10H2,1H3,(H,29,32)(H,27,28,30). The van der Waals surface area contributed by atoms with Crippen molar-refractivity contribution in [2.75, 3.05) is 23.7 Å². The number of benzene rings is 2. The Morgan fingerprint density at radius 1 is 0.906 bits per heavy atom. The molecule has 0 saturated carbocycles. The molecule has 4 aromatic rings. The fourth-order valence-electron chi connectivity index (χ4n) is 3.73. The number of anilines is 3. The third-order valence-electron chi connectivity index (χ3n) is 5.46. The Labute approximate surface area is 185 Å². The molecule has 0 bridgehead atoms. The van der Waals surface area contributed by atoms with Gasteiger partial charge in [-0.05, 0) is 49.6 Å². The van der Waals surface area contributed by atoms with Crippen LogP contribution in [-0.2, 0) is 0 Å². The summed E-state index contributed by atoms with van der Waals surface area (Å²) in [5, 5.41) is 7.14. The zero-order valence-corrected chi connectivity index (χ0v) is 17.7. The van der Waals surface area contributed by atoms with E-state index in [1.54, 1.807) is 6.20 Å². The molecule has 1 fully saturated rings. The lowest BCUT2D eigenvalue weighted by Crippen LogP contribution is -2.32. The van der Waals surface area contributed by atoms with Gasteiger partial charge in [-0.2, -0.15) is 0 Å². The van der Waals surface area contributed by atoms with Gasteiger partial charge in [0, 0.05) is 54.0 Å². The first-order valence-electron chi connectivity index (χ1n) is 10.6. The number of hydrogen-bond acceptors (Lipinski definition) is 6. The van der Waals surface area contributed by atoms with Gasteiger partial charge in [0.15, 0.2) is 0 Å². The van der Waals surface area contributed by atoms with E-state index in [2.05, 4.69) is 30.6 Å². The van der Waals surface area contributed by atoms with Gasteiger partial charge in [-0.3, -0.25) is 0 Å². The summed E-state index contributed by atoms with van der Waals surface area (Å²) in [6.45, 7) is 3.49. The second-order valence-corrected chi connectivity index (χ2v) is 7.82. The van der Waals surface area contributed by atoms with Gasteiger partial charge in [0.2, 0.25) is 5.95 Å². The maximum atomic E-state index is 12.4. The topological polar surface area (TPSA) is 95.9 Å². The number of carbonyl (C=O) groups excluding carboxylic acids is 1. The number of amides is 2. The van der Waals surface area contributed by atoms with E-state index in [4.69, 9.17) is 0 Å². The van der Waals surface area contributed by atoms with Crippen LogP contribution < -0.4 is 10.6 Å². The highest BCUT2D eigenvalue weighted by atomic mass is 16.2. The van der Waals surface area contributed by atoms with E-state index < -0.39 is 0 Å². The molecule has 160 valence electrons.